The zero-order valence-electron chi connectivity index (χ0n) is 12.7. The number of amides is 1. The summed E-state index contributed by atoms with van der Waals surface area (Å²) in [5.74, 6) is 0.0118. The molecule has 0 aliphatic heterocycles. The Morgan fingerprint density at radius 2 is 2.05 bits per heavy atom. The predicted octanol–water partition coefficient (Wildman–Crippen LogP) is 2.87. The van der Waals surface area contributed by atoms with E-state index in [0.29, 0.717) is 6.54 Å². The molecule has 4 nitrogen and oxygen atoms in total. The standard InChI is InChI=1S/C17H21N3O/c1-14(2)20(13-16-11-18-19(3)12-16)17(21)10-9-15-7-5-4-6-8-15/h4-12,14H,13H2,1-3H3. The molecule has 0 N–H and O–H groups in total. The Morgan fingerprint density at radius 1 is 1.33 bits per heavy atom. The van der Waals surface area contributed by atoms with Crippen molar-refractivity contribution in [2.24, 2.45) is 7.05 Å². The van der Waals surface area contributed by atoms with Gasteiger partial charge >= 0.3 is 0 Å². The first-order valence-corrected chi connectivity index (χ1v) is 7.07. The van der Waals surface area contributed by atoms with Gasteiger partial charge in [0, 0.05) is 37.5 Å². The molecule has 2 rings (SSSR count). The van der Waals surface area contributed by atoms with Crippen LogP contribution in [0.4, 0.5) is 0 Å². The van der Waals surface area contributed by atoms with E-state index in [-0.39, 0.29) is 11.9 Å². The number of aromatic nitrogens is 2. The van der Waals surface area contributed by atoms with Gasteiger partial charge in [-0.05, 0) is 25.5 Å². The summed E-state index contributed by atoms with van der Waals surface area (Å²) in [5, 5.41) is 4.14. The number of nitrogens with zero attached hydrogens (tertiary/aromatic N) is 3. The number of hydrogen-bond donors (Lipinski definition) is 0. The average molecular weight is 283 g/mol. The highest BCUT2D eigenvalue weighted by atomic mass is 16.2. The van der Waals surface area contributed by atoms with Crippen molar-refractivity contribution in [2.75, 3.05) is 0 Å². The van der Waals surface area contributed by atoms with Gasteiger partial charge in [-0.3, -0.25) is 9.48 Å². The van der Waals surface area contributed by atoms with E-state index in [1.807, 2.05) is 68.4 Å². The number of carbonyl (C=O) groups excluding carboxylic acids is 1. The van der Waals surface area contributed by atoms with Crippen LogP contribution in [0.3, 0.4) is 0 Å². The van der Waals surface area contributed by atoms with Crippen LogP contribution in [0.2, 0.25) is 0 Å². The van der Waals surface area contributed by atoms with E-state index in [1.54, 1.807) is 17.0 Å². The zero-order chi connectivity index (χ0) is 15.2. The smallest absolute Gasteiger partial charge is 0.247 e. The van der Waals surface area contributed by atoms with E-state index in [4.69, 9.17) is 0 Å². The van der Waals surface area contributed by atoms with Gasteiger partial charge in [0.25, 0.3) is 0 Å². The average Bonchev–Trinajstić information content (AvgIpc) is 2.88. The highest BCUT2D eigenvalue weighted by molar-refractivity contribution is 5.91. The van der Waals surface area contributed by atoms with Gasteiger partial charge in [-0.2, -0.15) is 5.10 Å². The minimum absolute atomic E-state index is 0.0118. The van der Waals surface area contributed by atoms with E-state index in [1.165, 1.54) is 0 Å². The highest BCUT2D eigenvalue weighted by Crippen LogP contribution is 2.10. The molecule has 4 heteroatoms. The Hall–Kier alpha value is -2.36. The maximum atomic E-state index is 12.4. The molecule has 1 amide bonds. The maximum Gasteiger partial charge on any atom is 0.247 e. The minimum Gasteiger partial charge on any atom is -0.332 e. The van der Waals surface area contributed by atoms with Gasteiger partial charge in [0.2, 0.25) is 5.91 Å². The fourth-order valence-electron chi connectivity index (χ4n) is 2.09. The highest BCUT2D eigenvalue weighted by Gasteiger charge is 2.15. The Morgan fingerprint density at radius 3 is 2.62 bits per heavy atom. The quantitative estimate of drug-likeness (QED) is 0.791. The molecular weight excluding hydrogens is 262 g/mol. The molecule has 0 fully saturated rings. The first-order chi connectivity index (χ1) is 10.1. The van der Waals surface area contributed by atoms with Crippen molar-refractivity contribution in [1.82, 2.24) is 14.7 Å². The van der Waals surface area contributed by atoms with Gasteiger partial charge in [0.05, 0.1) is 6.20 Å². The summed E-state index contributed by atoms with van der Waals surface area (Å²) in [5.41, 5.74) is 2.06. The molecule has 0 atom stereocenters. The van der Waals surface area contributed by atoms with Crippen LogP contribution >= 0.6 is 0 Å². The summed E-state index contributed by atoms with van der Waals surface area (Å²) in [6.45, 7) is 4.61. The molecule has 0 saturated heterocycles. The molecule has 0 spiro atoms. The molecule has 1 aromatic heterocycles. The van der Waals surface area contributed by atoms with Crippen LogP contribution in [0.25, 0.3) is 6.08 Å². The van der Waals surface area contributed by atoms with Crippen molar-refractivity contribution >= 4 is 12.0 Å². The topological polar surface area (TPSA) is 38.1 Å². The molecule has 21 heavy (non-hydrogen) atoms. The number of benzene rings is 1. The Labute approximate surface area is 125 Å². The van der Waals surface area contributed by atoms with Gasteiger partial charge in [0.15, 0.2) is 0 Å². The monoisotopic (exact) mass is 283 g/mol. The Bertz CT molecular complexity index is 614. The summed E-state index contributed by atoms with van der Waals surface area (Å²) in [7, 11) is 1.88. The van der Waals surface area contributed by atoms with Crippen LogP contribution in [0.1, 0.15) is 25.0 Å². The first kappa shape index (κ1) is 15.0. The number of hydrogen-bond acceptors (Lipinski definition) is 2. The fraction of sp³-hybridized carbons (Fsp3) is 0.294. The molecule has 0 unspecified atom stereocenters. The van der Waals surface area contributed by atoms with Crippen LogP contribution in [0.15, 0.2) is 48.8 Å². The van der Waals surface area contributed by atoms with Crippen molar-refractivity contribution in [1.29, 1.82) is 0 Å². The second-order valence-corrected chi connectivity index (χ2v) is 5.33. The van der Waals surface area contributed by atoms with Crippen LogP contribution in [-0.4, -0.2) is 26.6 Å². The van der Waals surface area contributed by atoms with Crippen LogP contribution in [0.5, 0.6) is 0 Å². The Balaban J connectivity index is 2.07. The third-order valence-electron chi connectivity index (χ3n) is 3.24. The lowest BCUT2D eigenvalue weighted by molar-refractivity contribution is -0.128. The molecular formula is C17H21N3O. The lowest BCUT2D eigenvalue weighted by Crippen LogP contribution is -2.35. The molecule has 0 aliphatic carbocycles. The van der Waals surface area contributed by atoms with E-state index in [2.05, 4.69) is 5.10 Å². The fourth-order valence-corrected chi connectivity index (χ4v) is 2.09. The maximum absolute atomic E-state index is 12.4. The molecule has 0 saturated carbocycles. The molecule has 0 bridgehead atoms. The molecule has 1 heterocycles. The van der Waals surface area contributed by atoms with E-state index < -0.39 is 0 Å². The van der Waals surface area contributed by atoms with Crippen molar-refractivity contribution in [3.63, 3.8) is 0 Å². The number of carbonyl (C=O) groups is 1. The minimum atomic E-state index is 0.0118. The normalized spacial score (nSPS) is 11.2. The second kappa shape index (κ2) is 6.88. The summed E-state index contributed by atoms with van der Waals surface area (Å²) in [4.78, 5) is 14.2. The lowest BCUT2D eigenvalue weighted by Gasteiger charge is -2.24. The molecule has 0 aliphatic rings. The lowest BCUT2D eigenvalue weighted by atomic mass is 10.2. The summed E-state index contributed by atoms with van der Waals surface area (Å²) < 4.78 is 1.75. The SMILES string of the molecule is CC(C)N(Cc1cnn(C)c1)C(=O)C=Cc1ccccc1. The number of rotatable bonds is 5. The third kappa shape index (κ3) is 4.31. The van der Waals surface area contributed by atoms with E-state index >= 15 is 0 Å². The number of aryl methyl sites for hydroxylation is 1. The molecule has 1 aromatic carbocycles. The summed E-state index contributed by atoms with van der Waals surface area (Å²) >= 11 is 0. The first-order valence-electron chi connectivity index (χ1n) is 7.07. The van der Waals surface area contributed by atoms with Gasteiger partial charge in [-0.15, -0.1) is 0 Å². The zero-order valence-corrected chi connectivity index (χ0v) is 12.7. The van der Waals surface area contributed by atoms with Crippen molar-refractivity contribution < 1.29 is 4.79 Å². The Kier molecular flexibility index (Phi) is 4.93. The largest absolute Gasteiger partial charge is 0.332 e. The van der Waals surface area contributed by atoms with Crippen LogP contribution in [0, 0.1) is 0 Å². The van der Waals surface area contributed by atoms with E-state index in [9.17, 15) is 4.79 Å². The van der Waals surface area contributed by atoms with Crippen molar-refractivity contribution in [3.05, 3.63) is 59.9 Å². The van der Waals surface area contributed by atoms with Gasteiger partial charge < -0.3 is 4.90 Å². The summed E-state index contributed by atoms with van der Waals surface area (Å²) in [6, 6.07) is 9.97. The van der Waals surface area contributed by atoms with Crippen LogP contribution < -0.4 is 0 Å². The predicted molar refractivity (Wildman–Crippen MR) is 84.4 cm³/mol. The van der Waals surface area contributed by atoms with Crippen molar-refractivity contribution in [3.8, 4) is 0 Å². The molecule has 0 radical (unpaired) electrons. The second-order valence-electron chi connectivity index (χ2n) is 5.33. The third-order valence-corrected chi connectivity index (χ3v) is 3.24. The molecule has 110 valence electrons. The van der Waals surface area contributed by atoms with Gasteiger partial charge in [-0.25, -0.2) is 0 Å². The van der Waals surface area contributed by atoms with E-state index in [0.717, 1.165) is 11.1 Å². The van der Waals surface area contributed by atoms with Gasteiger partial charge in [-0.1, -0.05) is 30.3 Å². The van der Waals surface area contributed by atoms with Crippen LogP contribution in [-0.2, 0) is 18.4 Å². The summed E-state index contributed by atoms with van der Waals surface area (Å²) in [6.07, 6.45) is 7.21. The van der Waals surface area contributed by atoms with Gasteiger partial charge in [0.1, 0.15) is 0 Å². The van der Waals surface area contributed by atoms with Crippen molar-refractivity contribution in [2.45, 2.75) is 26.4 Å². The molecule has 2 aromatic rings.